The van der Waals surface area contributed by atoms with Crippen molar-refractivity contribution < 1.29 is 21.6 Å². The molecule has 1 saturated heterocycles. The fourth-order valence-electron chi connectivity index (χ4n) is 2.90. The summed E-state index contributed by atoms with van der Waals surface area (Å²) in [6.45, 7) is 2.76. The smallest absolute Gasteiger partial charge is 0.354 e. The second-order valence-electron chi connectivity index (χ2n) is 6.52. The van der Waals surface area contributed by atoms with E-state index in [1.165, 1.54) is 16.4 Å². The number of guanidine groups is 1. The van der Waals surface area contributed by atoms with Crippen molar-refractivity contribution in [2.24, 2.45) is 4.99 Å². The summed E-state index contributed by atoms with van der Waals surface area (Å²) in [7, 11) is -1.56. The molecule has 2 rings (SSSR count). The van der Waals surface area contributed by atoms with E-state index >= 15 is 0 Å². The normalized spacial score (nSPS) is 16.2. The standard InChI is InChI=1S/C19H25F3N4O2S.HI/c1-3-29(27,28)26-12-9-17(10-13-26)25-18(23-2)24-11-5-7-15-6-4-8-16(14-15)19(20,21)22;/h4,6,8,14,17H,3,9-13H2,1-2H3,(H2,23,24,25);1H. The second kappa shape index (κ2) is 11.8. The average molecular weight is 558 g/mol. The summed E-state index contributed by atoms with van der Waals surface area (Å²) < 4.78 is 63.5. The Morgan fingerprint density at radius 1 is 1.30 bits per heavy atom. The van der Waals surface area contributed by atoms with Crippen molar-refractivity contribution in [3.05, 3.63) is 35.4 Å². The lowest BCUT2D eigenvalue weighted by molar-refractivity contribution is -0.137. The van der Waals surface area contributed by atoms with Crippen LogP contribution in [-0.2, 0) is 16.2 Å². The zero-order chi connectivity index (χ0) is 21.5. The molecule has 1 aromatic carbocycles. The molecule has 0 unspecified atom stereocenters. The van der Waals surface area contributed by atoms with Gasteiger partial charge in [0, 0.05) is 31.7 Å². The zero-order valence-corrected chi connectivity index (χ0v) is 19.9. The van der Waals surface area contributed by atoms with Crippen LogP contribution in [0, 0.1) is 11.8 Å². The molecule has 0 bridgehead atoms. The molecule has 0 aliphatic carbocycles. The van der Waals surface area contributed by atoms with E-state index in [4.69, 9.17) is 0 Å². The summed E-state index contributed by atoms with van der Waals surface area (Å²) >= 11 is 0. The van der Waals surface area contributed by atoms with Gasteiger partial charge in [-0.3, -0.25) is 4.99 Å². The number of piperidine rings is 1. The molecule has 0 amide bonds. The van der Waals surface area contributed by atoms with Gasteiger partial charge in [0.25, 0.3) is 0 Å². The minimum Gasteiger partial charge on any atom is -0.354 e. The van der Waals surface area contributed by atoms with Crippen LogP contribution in [-0.4, -0.2) is 57.2 Å². The monoisotopic (exact) mass is 558 g/mol. The molecule has 0 radical (unpaired) electrons. The Morgan fingerprint density at radius 3 is 2.53 bits per heavy atom. The van der Waals surface area contributed by atoms with E-state index in [1.54, 1.807) is 14.0 Å². The summed E-state index contributed by atoms with van der Waals surface area (Å²) in [6, 6.07) is 4.95. The Hall–Kier alpha value is -1.52. The number of alkyl halides is 3. The molecule has 1 fully saturated rings. The lowest BCUT2D eigenvalue weighted by atomic mass is 10.1. The van der Waals surface area contributed by atoms with Crippen LogP contribution < -0.4 is 10.6 Å². The van der Waals surface area contributed by atoms with Gasteiger partial charge < -0.3 is 10.6 Å². The van der Waals surface area contributed by atoms with Crippen molar-refractivity contribution in [3.8, 4) is 11.8 Å². The summed E-state index contributed by atoms with van der Waals surface area (Å²) in [4.78, 5) is 4.10. The third-order valence-corrected chi connectivity index (χ3v) is 6.42. The number of benzene rings is 1. The van der Waals surface area contributed by atoms with Gasteiger partial charge in [-0.1, -0.05) is 17.9 Å². The Morgan fingerprint density at radius 2 is 1.97 bits per heavy atom. The van der Waals surface area contributed by atoms with Crippen LogP contribution in [0.4, 0.5) is 13.2 Å². The van der Waals surface area contributed by atoms with Crippen LogP contribution in [0.2, 0.25) is 0 Å². The lowest BCUT2D eigenvalue weighted by Gasteiger charge is -2.32. The first-order valence-electron chi connectivity index (χ1n) is 9.27. The van der Waals surface area contributed by atoms with E-state index in [0.717, 1.165) is 12.1 Å². The minimum absolute atomic E-state index is 0. The summed E-state index contributed by atoms with van der Waals surface area (Å²) in [5.41, 5.74) is -0.444. The Bertz CT molecular complexity index is 887. The van der Waals surface area contributed by atoms with E-state index in [9.17, 15) is 21.6 Å². The molecule has 1 heterocycles. The molecule has 0 atom stereocenters. The molecule has 1 aliphatic heterocycles. The first-order chi connectivity index (χ1) is 13.7. The highest BCUT2D eigenvalue weighted by molar-refractivity contribution is 14.0. The van der Waals surface area contributed by atoms with E-state index in [-0.39, 0.29) is 47.9 Å². The topological polar surface area (TPSA) is 73.8 Å². The Kier molecular flexibility index (Phi) is 10.4. The predicted molar refractivity (Wildman–Crippen MR) is 122 cm³/mol. The Balaban J connectivity index is 0.00000450. The number of sulfonamides is 1. The van der Waals surface area contributed by atoms with Crippen LogP contribution in [0.25, 0.3) is 0 Å². The summed E-state index contributed by atoms with van der Waals surface area (Å²) in [5, 5.41) is 6.22. The van der Waals surface area contributed by atoms with Crippen LogP contribution in [0.15, 0.2) is 29.3 Å². The van der Waals surface area contributed by atoms with Gasteiger partial charge in [0.2, 0.25) is 10.0 Å². The Labute approximate surface area is 192 Å². The number of nitrogens with zero attached hydrogens (tertiary/aromatic N) is 2. The van der Waals surface area contributed by atoms with Gasteiger partial charge in [0.05, 0.1) is 17.9 Å². The highest BCUT2D eigenvalue weighted by Crippen LogP contribution is 2.29. The fourth-order valence-corrected chi connectivity index (χ4v) is 4.03. The van der Waals surface area contributed by atoms with Crippen molar-refractivity contribution in [2.45, 2.75) is 32.0 Å². The average Bonchev–Trinajstić information content (AvgIpc) is 2.70. The molecule has 1 aliphatic rings. The molecule has 1 aromatic rings. The largest absolute Gasteiger partial charge is 0.416 e. The molecular formula is C19H26F3IN4O2S. The van der Waals surface area contributed by atoms with Gasteiger partial charge in [-0.05, 0) is 38.0 Å². The number of hydrogen-bond donors (Lipinski definition) is 2. The first kappa shape index (κ1) is 26.5. The third kappa shape index (κ3) is 7.96. The van der Waals surface area contributed by atoms with Crippen molar-refractivity contribution in [1.29, 1.82) is 0 Å². The van der Waals surface area contributed by atoms with Crippen LogP contribution in [0.3, 0.4) is 0 Å². The molecule has 2 N–H and O–H groups in total. The summed E-state index contributed by atoms with van der Waals surface area (Å²) in [5.74, 6) is 6.09. The fraction of sp³-hybridized carbons (Fsp3) is 0.526. The number of aliphatic imine (C=N–C) groups is 1. The highest BCUT2D eigenvalue weighted by atomic mass is 127. The maximum Gasteiger partial charge on any atom is 0.416 e. The van der Waals surface area contributed by atoms with E-state index in [0.29, 0.717) is 31.9 Å². The van der Waals surface area contributed by atoms with E-state index in [2.05, 4.69) is 27.5 Å². The van der Waals surface area contributed by atoms with Gasteiger partial charge in [0.15, 0.2) is 5.96 Å². The summed E-state index contributed by atoms with van der Waals surface area (Å²) in [6.07, 6.45) is -3.07. The van der Waals surface area contributed by atoms with Gasteiger partial charge in [-0.2, -0.15) is 13.2 Å². The van der Waals surface area contributed by atoms with Gasteiger partial charge >= 0.3 is 6.18 Å². The number of rotatable bonds is 4. The third-order valence-electron chi connectivity index (χ3n) is 4.54. The quantitative estimate of drug-likeness (QED) is 0.258. The number of hydrogen-bond acceptors (Lipinski definition) is 3. The van der Waals surface area contributed by atoms with E-state index < -0.39 is 21.8 Å². The van der Waals surface area contributed by atoms with Crippen molar-refractivity contribution >= 4 is 40.0 Å². The maximum atomic E-state index is 12.7. The van der Waals surface area contributed by atoms with Crippen LogP contribution >= 0.6 is 24.0 Å². The van der Waals surface area contributed by atoms with Crippen molar-refractivity contribution in [1.82, 2.24) is 14.9 Å². The SMILES string of the molecule is CCS(=O)(=O)N1CCC(NC(=NC)NCC#Cc2cccc(C(F)(F)F)c2)CC1.I. The molecule has 30 heavy (non-hydrogen) atoms. The molecule has 0 spiro atoms. The van der Waals surface area contributed by atoms with Crippen molar-refractivity contribution in [2.75, 3.05) is 32.4 Å². The molecule has 0 aromatic heterocycles. The first-order valence-corrected chi connectivity index (χ1v) is 10.9. The minimum atomic E-state index is -4.39. The van der Waals surface area contributed by atoms with Crippen molar-refractivity contribution in [3.63, 3.8) is 0 Å². The molecule has 168 valence electrons. The van der Waals surface area contributed by atoms with Gasteiger partial charge in [0.1, 0.15) is 0 Å². The second-order valence-corrected chi connectivity index (χ2v) is 8.78. The molecule has 6 nitrogen and oxygen atoms in total. The maximum absolute atomic E-state index is 12.7. The number of halogens is 4. The van der Waals surface area contributed by atoms with Gasteiger partial charge in [-0.15, -0.1) is 24.0 Å². The molecule has 11 heteroatoms. The van der Waals surface area contributed by atoms with Gasteiger partial charge in [-0.25, -0.2) is 12.7 Å². The molecule has 0 saturated carbocycles. The lowest BCUT2D eigenvalue weighted by Crippen LogP contribution is -2.50. The van der Waals surface area contributed by atoms with Crippen LogP contribution in [0.1, 0.15) is 30.9 Å². The predicted octanol–water partition coefficient (Wildman–Crippen LogP) is 2.65. The highest BCUT2D eigenvalue weighted by Gasteiger charge is 2.30. The zero-order valence-electron chi connectivity index (χ0n) is 16.8. The number of nitrogens with one attached hydrogen (secondary N) is 2. The van der Waals surface area contributed by atoms with Crippen LogP contribution in [0.5, 0.6) is 0 Å². The van der Waals surface area contributed by atoms with E-state index in [1.807, 2.05) is 0 Å². The molecular weight excluding hydrogens is 532 g/mol.